The van der Waals surface area contributed by atoms with Gasteiger partial charge in [-0.2, -0.15) is 0 Å². The predicted molar refractivity (Wildman–Crippen MR) is 74.7 cm³/mol. The highest BCUT2D eigenvalue weighted by atomic mass is 16.5. The van der Waals surface area contributed by atoms with Crippen molar-refractivity contribution >= 4 is 5.84 Å². The molecule has 19 heavy (non-hydrogen) atoms. The van der Waals surface area contributed by atoms with Gasteiger partial charge in [-0.3, -0.25) is 0 Å². The Morgan fingerprint density at radius 3 is 2.68 bits per heavy atom. The van der Waals surface area contributed by atoms with Crippen molar-refractivity contribution in [1.82, 2.24) is 4.90 Å². The molecule has 0 aliphatic heterocycles. The zero-order valence-corrected chi connectivity index (χ0v) is 11.2. The largest absolute Gasteiger partial charge is 0.492 e. The summed E-state index contributed by atoms with van der Waals surface area (Å²) in [6.07, 6.45) is 2.75. The molecular formula is C14H21N3O2. The van der Waals surface area contributed by atoms with E-state index in [-0.39, 0.29) is 5.84 Å². The smallest absolute Gasteiger partial charge is 0.170 e. The van der Waals surface area contributed by atoms with Gasteiger partial charge < -0.3 is 20.6 Å². The van der Waals surface area contributed by atoms with E-state index in [9.17, 15) is 0 Å². The van der Waals surface area contributed by atoms with Crippen LogP contribution in [0.2, 0.25) is 0 Å². The third-order valence-corrected chi connectivity index (χ3v) is 3.27. The normalized spacial score (nSPS) is 15.8. The van der Waals surface area contributed by atoms with E-state index in [4.69, 9.17) is 15.7 Å². The lowest BCUT2D eigenvalue weighted by Crippen LogP contribution is -2.26. The molecule has 0 unspecified atom stereocenters. The number of hydrogen-bond acceptors (Lipinski definition) is 4. The molecule has 1 aliphatic rings. The van der Waals surface area contributed by atoms with Crippen molar-refractivity contribution in [3.8, 4) is 5.75 Å². The van der Waals surface area contributed by atoms with Crippen molar-refractivity contribution in [2.45, 2.75) is 12.8 Å². The molecule has 5 nitrogen and oxygen atoms in total. The summed E-state index contributed by atoms with van der Waals surface area (Å²) in [5.74, 6) is 1.81. The van der Waals surface area contributed by atoms with Crippen LogP contribution in [0.5, 0.6) is 5.75 Å². The van der Waals surface area contributed by atoms with Gasteiger partial charge >= 0.3 is 0 Å². The van der Waals surface area contributed by atoms with Gasteiger partial charge in [0.15, 0.2) is 5.84 Å². The van der Waals surface area contributed by atoms with Crippen LogP contribution in [-0.2, 0) is 0 Å². The minimum atomic E-state index is 0.107. The highest BCUT2D eigenvalue weighted by Gasteiger charge is 2.22. The minimum absolute atomic E-state index is 0.107. The van der Waals surface area contributed by atoms with Crippen molar-refractivity contribution < 1.29 is 9.94 Å². The number of rotatable bonds is 7. The van der Waals surface area contributed by atoms with Crippen LogP contribution < -0.4 is 10.5 Å². The molecule has 0 heterocycles. The first-order chi connectivity index (χ1) is 9.19. The lowest BCUT2D eigenvalue weighted by Gasteiger charge is -2.16. The van der Waals surface area contributed by atoms with Gasteiger partial charge in [-0.05, 0) is 50.1 Å². The number of nitrogens with zero attached hydrogens (tertiary/aromatic N) is 2. The quantitative estimate of drug-likeness (QED) is 0.338. The lowest BCUT2D eigenvalue weighted by molar-refractivity contribution is 0.232. The molecule has 0 radical (unpaired) electrons. The average Bonchev–Trinajstić information content (AvgIpc) is 3.22. The van der Waals surface area contributed by atoms with Gasteiger partial charge in [-0.1, -0.05) is 5.16 Å². The van der Waals surface area contributed by atoms with Gasteiger partial charge in [0.05, 0.1) is 0 Å². The van der Waals surface area contributed by atoms with Gasteiger partial charge in [-0.25, -0.2) is 0 Å². The molecule has 0 amide bonds. The summed E-state index contributed by atoms with van der Waals surface area (Å²) < 4.78 is 5.66. The van der Waals surface area contributed by atoms with E-state index in [2.05, 4.69) is 17.1 Å². The summed E-state index contributed by atoms with van der Waals surface area (Å²) in [5, 5.41) is 11.5. The first kappa shape index (κ1) is 13.7. The summed E-state index contributed by atoms with van der Waals surface area (Å²) in [7, 11) is 2.13. The molecule has 5 heteroatoms. The SMILES string of the molecule is CN(CCOc1ccc(/C(N)=N/O)cc1)CC1CC1. The van der Waals surface area contributed by atoms with E-state index >= 15 is 0 Å². The molecule has 0 atom stereocenters. The Hall–Kier alpha value is -1.75. The first-order valence-electron chi connectivity index (χ1n) is 6.58. The Bertz CT molecular complexity index is 427. The summed E-state index contributed by atoms with van der Waals surface area (Å²) in [5.41, 5.74) is 6.17. The van der Waals surface area contributed by atoms with E-state index in [1.54, 1.807) is 12.1 Å². The fourth-order valence-corrected chi connectivity index (χ4v) is 1.93. The van der Waals surface area contributed by atoms with Crippen LogP contribution in [0.1, 0.15) is 18.4 Å². The molecule has 1 aliphatic carbocycles. The Kier molecular flexibility index (Phi) is 4.63. The third-order valence-electron chi connectivity index (χ3n) is 3.27. The van der Waals surface area contributed by atoms with Gasteiger partial charge in [0.25, 0.3) is 0 Å². The van der Waals surface area contributed by atoms with Crippen molar-refractivity contribution in [3.05, 3.63) is 29.8 Å². The van der Waals surface area contributed by atoms with Crippen LogP contribution in [0.25, 0.3) is 0 Å². The number of amidine groups is 1. The number of ether oxygens (including phenoxy) is 1. The zero-order valence-electron chi connectivity index (χ0n) is 11.2. The maximum atomic E-state index is 8.56. The monoisotopic (exact) mass is 263 g/mol. The Labute approximate surface area is 113 Å². The highest BCUT2D eigenvalue weighted by Crippen LogP contribution is 2.29. The van der Waals surface area contributed by atoms with Crippen molar-refractivity contribution in [2.24, 2.45) is 16.8 Å². The molecule has 0 saturated heterocycles. The van der Waals surface area contributed by atoms with E-state index in [0.717, 1.165) is 18.2 Å². The van der Waals surface area contributed by atoms with Crippen LogP contribution >= 0.6 is 0 Å². The summed E-state index contributed by atoms with van der Waals surface area (Å²) in [4.78, 5) is 2.31. The Balaban J connectivity index is 1.73. The van der Waals surface area contributed by atoms with Gasteiger partial charge in [0, 0.05) is 18.7 Å². The molecule has 0 spiro atoms. The summed E-state index contributed by atoms with van der Waals surface area (Å²) in [6, 6.07) is 7.21. The molecule has 1 aromatic rings. The first-order valence-corrected chi connectivity index (χ1v) is 6.58. The van der Waals surface area contributed by atoms with E-state index < -0.39 is 0 Å². The van der Waals surface area contributed by atoms with Gasteiger partial charge in [-0.15, -0.1) is 0 Å². The van der Waals surface area contributed by atoms with Crippen LogP contribution in [0.15, 0.2) is 29.4 Å². The molecule has 2 rings (SSSR count). The minimum Gasteiger partial charge on any atom is -0.492 e. The Morgan fingerprint density at radius 2 is 2.11 bits per heavy atom. The topological polar surface area (TPSA) is 71.1 Å². The fourth-order valence-electron chi connectivity index (χ4n) is 1.93. The van der Waals surface area contributed by atoms with Crippen molar-refractivity contribution in [3.63, 3.8) is 0 Å². The molecule has 1 fully saturated rings. The second-order valence-electron chi connectivity index (χ2n) is 5.06. The lowest BCUT2D eigenvalue weighted by atomic mass is 10.2. The maximum Gasteiger partial charge on any atom is 0.170 e. The second-order valence-corrected chi connectivity index (χ2v) is 5.06. The molecule has 1 aromatic carbocycles. The van der Waals surface area contributed by atoms with Crippen LogP contribution in [-0.4, -0.2) is 42.7 Å². The molecule has 0 aromatic heterocycles. The van der Waals surface area contributed by atoms with Crippen LogP contribution in [0.3, 0.4) is 0 Å². The fraction of sp³-hybridized carbons (Fsp3) is 0.500. The standard InChI is InChI=1S/C14H21N3O2/c1-17(10-11-2-3-11)8-9-19-13-6-4-12(5-7-13)14(15)16-18/h4-7,11,18H,2-3,8-10H2,1H3,(H2,15,16). The Morgan fingerprint density at radius 1 is 1.42 bits per heavy atom. The molecule has 3 N–H and O–H groups in total. The van der Waals surface area contributed by atoms with Crippen LogP contribution in [0.4, 0.5) is 0 Å². The molecular weight excluding hydrogens is 242 g/mol. The highest BCUT2D eigenvalue weighted by molar-refractivity contribution is 5.97. The molecule has 104 valence electrons. The maximum absolute atomic E-state index is 8.56. The zero-order chi connectivity index (χ0) is 13.7. The number of hydrogen-bond donors (Lipinski definition) is 2. The van der Waals surface area contributed by atoms with Gasteiger partial charge in [0.1, 0.15) is 12.4 Å². The average molecular weight is 263 g/mol. The van der Waals surface area contributed by atoms with Crippen molar-refractivity contribution in [1.29, 1.82) is 0 Å². The number of likely N-dealkylation sites (N-methyl/N-ethyl adjacent to an activating group) is 1. The van der Waals surface area contributed by atoms with Gasteiger partial charge in [0.2, 0.25) is 0 Å². The van der Waals surface area contributed by atoms with Crippen LogP contribution in [0, 0.1) is 5.92 Å². The summed E-state index contributed by atoms with van der Waals surface area (Å²) in [6.45, 7) is 2.77. The number of oxime groups is 1. The van der Waals surface area contributed by atoms with E-state index in [1.807, 2.05) is 12.1 Å². The van der Waals surface area contributed by atoms with Crippen molar-refractivity contribution in [2.75, 3.05) is 26.7 Å². The molecule has 0 bridgehead atoms. The number of benzene rings is 1. The third kappa shape index (κ3) is 4.44. The summed E-state index contributed by atoms with van der Waals surface area (Å²) >= 11 is 0. The molecule has 1 saturated carbocycles. The predicted octanol–water partition coefficient (Wildman–Crippen LogP) is 1.50. The van der Waals surface area contributed by atoms with E-state index in [0.29, 0.717) is 12.2 Å². The second kappa shape index (κ2) is 6.43. The number of nitrogens with two attached hydrogens (primary N) is 1. The van der Waals surface area contributed by atoms with E-state index in [1.165, 1.54) is 19.4 Å².